The fraction of sp³-hybridized carbons (Fsp3) is 0.381. The van der Waals surface area contributed by atoms with Gasteiger partial charge in [0.25, 0.3) is 5.91 Å². The van der Waals surface area contributed by atoms with E-state index in [9.17, 15) is 13.2 Å². The fourth-order valence-corrected chi connectivity index (χ4v) is 5.48. The third-order valence-electron chi connectivity index (χ3n) is 5.22. The van der Waals surface area contributed by atoms with Crippen molar-refractivity contribution in [1.29, 1.82) is 0 Å². The van der Waals surface area contributed by atoms with E-state index in [1.54, 1.807) is 18.1 Å². The van der Waals surface area contributed by atoms with Crippen molar-refractivity contribution in [1.82, 2.24) is 4.90 Å². The van der Waals surface area contributed by atoms with Crippen LogP contribution in [0.15, 0.2) is 46.9 Å². The first-order chi connectivity index (χ1) is 14.0. The lowest BCUT2D eigenvalue weighted by atomic mass is 10.1. The minimum atomic E-state index is -3.09. The topological polar surface area (TPSA) is 86.0 Å². The summed E-state index contributed by atoms with van der Waals surface area (Å²) >= 11 is 0. The van der Waals surface area contributed by atoms with Crippen LogP contribution >= 0.6 is 0 Å². The van der Waals surface area contributed by atoms with E-state index in [-0.39, 0.29) is 30.1 Å². The number of furan rings is 1. The van der Waals surface area contributed by atoms with E-state index in [0.29, 0.717) is 25.3 Å². The Morgan fingerprint density at radius 3 is 2.72 bits per heavy atom. The second-order valence-corrected chi connectivity index (χ2v) is 9.41. The summed E-state index contributed by atoms with van der Waals surface area (Å²) in [5.74, 6) is 0.416. The molecule has 4 rings (SSSR count). The zero-order valence-electron chi connectivity index (χ0n) is 16.2. The quantitative estimate of drug-likeness (QED) is 0.587. The van der Waals surface area contributed by atoms with Gasteiger partial charge in [0.1, 0.15) is 16.9 Å². The summed E-state index contributed by atoms with van der Waals surface area (Å²) in [6.45, 7) is 0.515. The zero-order valence-corrected chi connectivity index (χ0v) is 17.0. The van der Waals surface area contributed by atoms with Crippen molar-refractivity contribution in [3.05, 3.63) is 42.5 Å². The van der Waals surface area contributed by atoms with Crippen LogP contribution in [0.2, 0.25) is 0 Å². The van der Waals surface area contributed by atoms with E-state index >= 15 is 0 Å². The Balaban J connectivity index is 1.48. The first-order valence-electron chi connectivity index (χ1n) is 9.50. The van der Waals surface area contributed by atoms with Gasteiger partial charge in [-0.15, -0.1) is 0 Å². The van der Waals surface area contributed by atoms with Gasteiger partial charge in [0.2, 0.25) is 0 Å². The molecule has 154 valence electrons. The summed E-state index contributed by atoms with van der Waals surface area (Å²) in [6.07, 6.45) is 0.449. The number of rotatable bonds is 7. The van der Waals surface area contributed by atoms with Crippen LogP contribution in [0.1, 0.15) is 6.42 Å². The lowest BCUT2D eigenvalue weighted by Gasteiger charge is -2.28. The van der Waals surface area contributed by atoms with Gasteiger partial charge in [0, 0.05) is 30.5 Å². The summed E-state index contributed by atoms with van der Waals surface area (Å²) in [7, 11) is -1.54. The van der Waals surface area contributed by atoms with Crippen molar-refractivity contribution >= 4 is 37.7 Å². The Hall–Kier alpha value is -2.58. The van der Waals surface area contributed by atoms with Gasteiger partial charge < -0.3 is 18.8 Å². The van der Waals surface area contributed by atoms with Crippen molar-refractivity contribution in [2.75, 3.05) is 38.4 Å². The Kier molecular flexibility index (Phi) is 5.47. The van der Waals surface area contributed by atoms with Crippen LogP contribution in [0.4, 0.5) is 0 Å². The van der Waals surface area contributed by atoms with Crippen molar-refractivity contribution < 1.29 is 27.1 Å². The standard InChI is InChI=1S/C21H23NO6S/c1-26-10-9-22(15-8-11-29(24,25)14-15)21(23)13-27-16-6-7-20-18(12-16)17-4-2-3-5-19(17)28-20/h2-7,12,15H,8-11,13-14H2,1H3/t15-/m1/s1. The lowest BCUT2D eigenvalue weighted by molar-refractivity contribution is -0.136. The monoisotopic (exact) mass is 417 g/mol. The van der Waals surface area contributed by atoms with Gasteiger partial charge in [0.15, 0.2) is 16.4 Å². The third kappa shape index (κ3) is 4.23. The van der Waals surface area contributed by atoms with Gasteiger partial charge in [-0.3, -0.25) is 4.79 Å². The predicted molar refractivity (Wildman–Crippen MR) is 110 cm³/mol. The maximum Gasteiger partial charge on any atom is 0.260 e. The Bertz CT molecular complexity index is 1140. The maximum atomic E-state index is 12.8. The number of carbonyl (C=O) groups excluding carboxylic acids is 1. The molecule has 1 atom stereocenters. The summed E-state index contributed by atoms with van der Waals surface area (Å²) in [6, 6.07) is 12.8. The molecule has 2 heterocycles. The number of hydrogen-bond donors (Lipinski definition) is 0. The molecule has 29 heavy (non-hydrogen) atoms. The Labute approximate surface area is 169 Å². The Morgan fingerprint density at radius 2 is 1.97 bits per heavy atom. The number of fused-ring (bicyclic) bond motifs is 3. The second-order valence-electron chi connectivity index (χ2n) is 7.18. The van der Waals surface area contributed by atoms with Crippen LogP contribution < -0.4 is 4.74 Å². The molecule has 0 radical (unpaired) electrons. The summed E-state index contributed by atoms with van der Waals surface area (Å²) in [5.41, 5.74) is 1.55. The van der Waals surface area contributed by atoms with Crippen LogP contribution in [0, 0.1) is 0 Å². The SMILES string of the molecule is COCCN(C(=O)COc1ccc2oc3ccccc3c2c1)[C@@H]1CCS(=O)(=O)C1. The normalized spacial score (nSPS) is 18.3. The molecule has 1 amide bonds. The molecule has 1 aliphatic rings. The fourth-order valence-electron chi connectivity index (χ4n) is 3.74. The zero-order chi connectivity index (χ0) is 20.4. The van der Waals surface area contributed by atoms with E-state index in [4.69, 9.17) is 13.9 Å². The molecule has 0 aliphatic carbocycles. The van der Waals surface area contributed by atoms with Crippen molar-refractivity contribution in [2.45, 2.75) is 12.5 Å². The molecule has 0 unspecified atom stereocenters. The largest absolute Gasteiger partial charge is 0.484 e. The lowest BCUT2D eigenvalue weighted by Crippen LogP contribution is -2.45. The smallest absolute Gasteiger partial charge is 0.260 e. The van der Waals surface area contributed by atoms with E-state index in [2.05, 4.69) is 0 Å². The van der Waals surface area contributed by atoms with Crippen LogP contribution in [-0.2, 0) is 19.4 Å². The average Bonchev–Trinajstić information content (AvgIpc) is 3.26. The molecule has 0 saturated carbocycles. The number of methoxy groups -OCH3 is 1. The minimum Gasteiger partial charge on any atom is -0.484 e. The molecule has 1 fully saturated rings. The van der Waals surface area contributed by atoms with E-state index in [0.717, 1.165) is 21.9 Å². The first-order valence-corrected chi connectivity index (χ1v) is 11.3. The van der Waals surface area contributed by atoms with Gasteiger partial charge in [-0.2, -0.15) is 0 Å². The van der Waals surface area contributed by atoms with E-state index in [1.165, 1.54) is 0 Å². The highest BCUT2D eigenvalue weighted by Gasteiger charge is 2.34. The van der Waals surface area contributed by atoms with E-state index < -0.39 is 9.84 Å². The van der Waals surface area contributed by atoms with Crippen LogP contribution in [0.5, 0.6) is 5.75 Å². The third-order valence-corrected chi connectivity index (χ3v) is 6.97. The molecule has 1 aliphatic heterocycles. The number of sulfone groups is 1. The van der Waals surface area contributed by atoms with Crippen LogP contribution in [-0.4, -0.2) is 63.6 Å². The number of hydrogen-bond acceptors (Lipinski definition) is 6. The summed E-state index contributed by atoms with van der Waals surface area (Å²) in [5, 5.41) is 1.90. The highest BCUT2D eigenvalue weighted by molar-refractivity contribution is 7.91. The molecule has 2 aromatic carbocycles. The average molecular weight is 417 g/mol. The number of nitrogens with zero attached hydrogens (tertiary/aromatic N) is 1. The predicted octanol–water partition coefficient (Wildman–Crippen LogP) is 2.63. The highest BCUT2D eigenvalue weighted by atomic mass is 32.2. The molecule has 0 spiro atoms. The van der Waals surface area contributed by atoms with Gasteiger partial charge in [-0.1, -0.05) is 18.2 Å². The first kappa shape index (κ1) is 19.7. The molecule has 7 nitrogen and oxygen atoms in total. The Morgan fingerprint density at radius 1 is 1.17 bits per heavy atom. The molecule has 8 heteroatoms. The molecule has 1 aromatic heterocycles. The van der Waals surface area contributed by atoms with E-state index in [1.807, 2.05) is 36.4 Å². The number of para-hydroxylation sites is 1. The molecular weight excluding hydrogens is 394 g/mol. The molecule has 0 bridgehead atoms. The minimum absolute atomic E-state index is 0.00454. The second kappa shape index (κ2) is 8.04. The maximum absolute atomic E-state index is 12.8. The number of benzene rings is 2. The van der Waals surface area contributed by atoms with Crippen molar-refractivity contribution in [3.8, 4) is 5.75 Å². The molecular formula is C21H23NO6S. The summed E-state index contributed by atoms with van der Waals surface area (Å²) < 4.78 is 40.3. The van der Waals surface area contributed by atoms with Crippen LogP contribution in [0.25, 0.3) is 21.9 Å². The van der Waals surface area contributed by atoms with Crippen LogP contribution in [0.3, 0.4) is 0 Å². The van der Waals surface area contributed by atoms with Gasteiger partial charge >= 0.3 is 0 Å². The highest BCUT2D eigenvalue weighted by Crippen LogP contribution is 2.31. The van der Waals surface area contributed by atoms with Gasteiger partial charge in [-0.25, -0.2) is 8.42 Å². The number of ether oxygens (including phenoxy) is 2. The molecule has 0 N–H and O–H groups in total. The van der Waals surface area contributed by atoms with Gasteiger partial charge in [-0.05, 0) is 30.7 Å². The molecule has 1 saturated heterocycles. The number of carbonyl (C=O) groups is 1. The summed E-state index contributed by atoms with van der Waals surface area (Å²) in [4.78, 5) is 14.3. The molecule has 3 aromatic rings. The van der Waals surface area contributed by atoms with Crippen molar-refractivity contribution in [3.63, 3.8) is 0 Å². The van der Waals surface area contributed by atoms with Gasteiger partial charge in [0.05, 0.1) is 18.1 Å². The van der Waals surface area contributed by atoms with Crippen molar-refractivity contribution in [2.24, 2.45) is 0 Å². The number of amides is 1.